The Labute approximate surface area is 161 Å². The van der Waals surface area contributed by atoms with Gasteiger partial charge in [0.15, 0.2) is 11.5 Å². The van der Waals surface area contributed by atoms with Crippen molar-refractivity contribution in [3.05, 3.63) is 54.1 Å². The van der Waals surface area contributed by atoms with E-state index in [9.17, 15) is 4.79 Å². The molecule has 0 saturated heterocycles. The standard InChI is InChI=1S/C20H26N2O3.ClH/c1-4-13-20(2,21)19(23)22-14-15-9-11-16(12-10-15)25-18-8-6-5-7-17(18)24-3;/h5-12H,4,13-14,21H2,1-3H3,(H,22,23);1H. The van der Waals surface area contributed by atoms with Crippen molar-refractivity contribution >= 4 is 18.3 Å². The van der Waals surface area contributed by atoms with E-state index in [0.717, 1.165) is 12.0 Å². The molecule has 0 aromatic heterocycles. The predicted molar refractivity (Wildman–Crippen MR) is 106 cm³/mol. The molecule has 2 aromatic carbocycles. The summed E-state index contributed by atoms with van der Waals surface area (Å²) in [7, 11) is 1.61. The highest BCUT2D eigenvalue weighted by Crippen LogP contribution is 2.30. The Balaban J connectivity index is 0.00000338. The molecule has 0 aliphatic carbocycles. The summed E-state index contributed by atoms with van der Waals surface area (Å²) in [4.78, 5) is 12.1. The summed E-state index contributed by atoms with van der Waals surface area (Å²) in [5.41, 5.74) is 6.18. The summed E-state index contributed by atoms with van der Waals surface area (Å²) in [5.74, 6) is 1.90. The largest absolute Gasteiger partial charge is 0.493 e. The number of ether oxygens (including phenoxy) is 2. The van der Waals surface area contributed by atoms with Crippen LogP contribution >= 0.6 is 12.4 Å². The molecular formula is C20H27ClN2O3. The number of benzene rings is 2. The van der Waals surface area contributed by atoms with Gasteiger partial charge in [-0.1, -0.05) is 37.6 Å². The van der Waals surface area contributed by atoms with Gasteiger partial charge in [-0.3, -0.25) is 4.79 Å². The topological polar surface area (TPSA) is 73.6 Å². The maximum absolute atomic E-state index is 12.1. The van der Waals surface area contributed by atoms with Crippen LogP contribution in [-0.4, -0.2) is 18.6 Å². The maximum Gasteiger partial charge on any atom is 0.240 e. The third-order valence-corrected chi connectivity index (χ3v) is 3.96. The van der Waals surface area contributed by atoms with E-state index in [1.54, 1.807) is 14.0 Å². The van der Waals surface area contributed by atoms with Crippen LogP contribution in [0.4, 0.5) is 0 Å². The molecular weight excluding hydrogens is 352 g/mol. The third kappa shape index (κ3) is 5.93. The SMILES string of the molecule is CCCC(C)(N)C(=O)NCc1ccc(Oc2ccccc2OC)cc1.Cl. The van der Waals surface area contributed by atoms with E-state index >= 15 is 0 Å². The Morgan fingerprint density at radius 2 is 1.73 bits per heavy atom. The average molecular weight is 379 g/mol. The van der Waals surface area contributed by atoms with Gasteiger partial charge in [0, 0.05) is 6.54 Å². The molecule has 0 bridgehead atoms. The van der Waals surface area contributed by atoms with Crippen LogP contribution in [0.25, 0.3) is 0 Å². The van der Waals surface area contributed by atoms with Crippen LogP contribution in [0.1, 0.15) is 32.3 Å². The number of carbonyl (C=O) groups is 1. The van der Waals surface area contributed by atoms with E-state index in [2.05, 4.69) is 5.32 Å². The molecule has 0 saturated carbocycles. The van der Waals surface area contributed by atoms with Gasteiger partial charge in [0.2, 0.25) is 5.91 Å². The number of nitrogens with two attached hydrogens (primary N) is 1. The van der Waals surface area contributed by atoms with Crippen LogP contribution in [-0.2, 0) is 11.3 Å². The monoisotopic (exact) mass is 378 g/mol. The molecule has 0 aliphatic rings. The van der Waals surface area contributed by atoms with E-state index in [0.29, 0.717) is 30.2 Å². The fourth-order valence-corrected chi connectivity index (χ4v) is 2.52. The van der Waals surface area contributed by atoms with Gasteiger partial charge in [-0.15, -0.1) is 12.4 Å². The van der Waals surface area contributed by atoms with Crippen LogP contribution in [0.15, 0.2) is 48.5 Å². The Morgan fingerprint density at radius 3 is 2.31 bits per heavy atom. The minimum atomic E-state index is -0.832. The second-order valence-electron chi connectivity index (χ2n) is 6.25. The van der Waals surface area contributed by atoms with Crippen molar-refractivity contribution in [1.82, 2.24) is 5.32 Å². The first-order valence-corrected chi connectivity index (χ1v) is 8.43. The van der Waals surface area contributed by atoms with Crippen molar-refractivity contribution in [3.8, 4) is 17.2 Å². The predicted octanol–water partition coefficient (Wildman–Crippen LogP) is 4.04. The zero-order chi connectivity index (χ0) is 18.3. The van der Waals surface area contributed by atoms with E-state index in [4.69, 9.17) is 15.2 Å². The van der Waals surface area contributed by atoms with Gasteiger partial charge in [-0.25, -0.2) is 0 Å². The van der Waals surface area contributed by atoms with Crippen LogP contribution < -0.4 is 20.5 Å². The van der Waals surface area contributed by atoms with Crippen LogP contribution in [0.5, 0.6) is 17.2 Å². The van der Waals surface area contributed by atoms with Crippen LogP contribution in [0.2, 0.25) is 0 Å². The first-order chi connectivity index (χ1) is 12.0. The molecule has 3 N–H and O–H groups in total. The van der Waals surface area contributed by atoms with Crippen molar-refractivity contribution in [2.45, 2.75) is 38.8 Å². The average Bonchev–Trinajstić information content (AvgIpc) is 2.61. The Morgan fingerprint density at radius 1 is 1.12 bits per heavy atom. The zero-order valence-corrected chi connectivity index (χ0v) is 16.3. The fraction of sp³-hybridized carbons (Fsp3) is 0.350. The number of amides is 1. The number of hydrogen-bond donors (Lipinski definition) is 2. The second kappa shape index (κ2) is 10.0. The molecule has 142 valence electrons. The number of para-hydroxylation sites is 2. The number of carbonyl (C=O) groups excluding carboxylic acids is 1. The molecule has 2 aromatic rings. The van der Waals surface area contributed by atoms with Crippen LogP contribution in [0.3, 0.4) is 0 Å². The van der Waals surface area contributed by atoms with Crippen LogP contribution in [0, 0.1) is 0 Å². The van der Waals surface area contributed by atoms with Gasteiger partial charge in [-0.05, 0) is 43.2 Å². The molecule has 2 rings (SSSR count). The maximum atomic E-state index is 12.1. The number of hydrogen-bond acceptors (Lipinski definition) is 4. The lowest BCUT2D eigenvalue weighted by Crippen LogP contribution is -2.51. The van der Waals surface area contributed by atoms with Gasteiger partial charge in [0.05, 0.1) is 12.6 Å². The molecule has 0 heterocycles. The highest BCUT2D eigenvalue weighted by molar-refractivity contribution is 5.85. The minimum absolute atomic E-state index is 0. The van der Waals surface area contributed by atoms with Crippen molar-refractivity contribution in [3.63, 3.8) is 0 Å². The minimum Gasteiger partial charge on any atom is -0.493 e. The molecule has 0 spiro atoms. The summed E-state index contributed by atoms with van der Waals surface area (Å²) in [6, 6.07) is 15.0. The molecule has 0 fully saturated rings. The molecule has 6 heteroatoms. The van der Waals surface area contributed by atoms with E-state index < -0.39 is 5.54 Å². The molecule has 26 heavy (non-hydrogen) atoms. The summed E-state index contributed by atoms with van der Waals surface area (Å²) in [6.07, 6.45) is 1.53. The summed E-state index contributed by atoms with van der Waals surface area (Å²) in [6.45, 7) is 4.21. The highest BCUT2D eigenvalue weighted by atomic mass is 35.5. The lowest BCUT2D eigenvalue weighted by atomic mass is 9.96. The summed E-state index contributed by atoms with van der Waals surface area (Å²) in [5, 5.41) is 2.89. The summed E-state index contributed by atoms with van der Waals surface area (Å²) >= 11 is 0. The van der Waals surface area contributed by atoms with Crippen molar-refractivity contribution in [1.29, 1.82) is 0 Å². The molecule has 1 atom stereocenters. The van der Waals surface area contributed by atoms with Gasteiger partial charge >= 0.3 is 0 Å². The number of methoxy groups -OCH3 is 1. The molecule has 5 nitrogen and oxygen atoms in total. The van der Waals surface area contributed by atoms with Gasteiger partial charge < -0.3 is 20.5 Å². The zero-order valence-electron chi connectivity index (χ0n) is 15.5. The Bertz CT molecular complexity index is 702. The fourth-order valence-electron chi connectivity index (χ4n) is 2.52. The molecule has 1 unspecified atom stereocenters. The lowest BCUT2D eigenvalue weighted by Gasteiger charge is -2.22. The lowest BCUT2D eigenvalue weighted by molar-refractivity contribution is -0.126. The Hall–Kier alpha value is -2.24. The second-order valence-corrected chi connectivity index (χ2v) is 6.25. The molecule has 0 radical (unpaired) electrons. The van der Waals surface area contributed by atoms with Gasteiger partial charge in [0.1, 0.15) is 5.75 Å². The van der Waals surface area contributed by atoms with Gasteiger partial charge in [-0.2, -0.15) is 0 Å². The van der Waals surface area contributed by atoms with E-state index in [1.807, 2.05) is 55.5 Å². The normalized spacial score (nSPS) is 12.5. The van der Waals surface area contributed by atoms with Crippen molar-refractivity contribution in [2.75, 3.05) is 7.11 Å². The molecule has 1 amide bonds. The van der Waals surface area contributed by atoms with Gasteiger partial charge in [0.25, 0.3) is 0 Å². The summed E-state index contributed by atoms with van der Waals surface area (Å²) < 4.78 is 11.1. The van der Waals surface area contributed by atoms with E-state index in [1.165, 1.54) is 0 Å². The highest BCUT2D eigenvalue weighted by Gasteiger charge is 2.26. The first-order valence-electron chi connectivity index (χ1n) is 8.43. The van der Waals surface area contributed by atoms with E-state index in [-0.39, 0.29) is 18.3 Å². The first kappa shape index (κ1) is 21.8. The Kier molecular flexibility index (Phi) is 8.42. The number of nitrogens with one attached hydrogen (secondary N) is 1. The van der Waals surface area contributed by atoms with Crippen molar-refractivity contribution < 1.29 is 14.3 Å². The smallest absolute Gasteiger partial charge is 0.240 e. The number of rotatable bonds is 8. The third-order valence-electron chi connectivity index (χ3n) is 3.96. The molecule has 0 aliphatic heterocycles. The van der Waals surface area contributed by atoms with Crippen molar-refractivity contribution in [2.24, 2.45) is 5.73 Å². The quantitative estimate of drug-likeness (QED) is 0.726. The number of halogens is 1.